The van der Waals surface area contributed by atoms with Crippen LogP contribution in [0.1, 0.15) is 63.2 Å². The van der Waals surface area contributed by atoms with Gasteiger partial charge in [-0.15, -0.1) is 0 Å². The fourth-order valence-corrected chi connectivity index (χ4v) is 0.630. The Balaban J connectivity index is -0.0000000231. The minimum atomic E-state index is -0.833. The molecule has 0 aromatic rings. The molecule has 10 nitrogen and oxygen atoms in total. The maximum Gasteiger partial charge on any atom is 1.00 e. The maximum atomic E-state index is 9.00. The van der Waals surface area contributed by atoms with Crippen molar-refractivity contribution in [3.05, 3.63) is 0 Å². The van der Waals surface area contributed by atoms with Crippen LogP contribution in [-0.4, -0.2) is 50.5 Å². The number of carboxylic acid groups (broad SMARTS) is 4. The largest absolute Gasteiger partial charge is 1.00 e. The van der Waals surface area contributed by atoms with Crippen molar-refractivity contribution in [3.8, 4) is 0 Å². The van der Waals surface area contributed by atoms with Crippen LogP contribution in [0.5, 0.6) is 0 Å². The van der Waals surface area contributed by atoms with Crippen molar-refractivity contribution in [2.24, 2.45) is 11.5 Å². The van der Waals surface area contributed by atoms with Crippen LogP contribution in [0.2, 0.25) is 0 Å². The molecule has 26 heavy (non-hydrogen) atoms. The summed E-state index contributed by atoms with van der Waals surface area (Å²) in [6.07, 6.45) is 4.54. The van der Waals surface area contributed by atoms with Gasteiger partial charge in [-0.05, 0) is 6.42 Å². The van der Waals surface area contributed by atoms with Crippen LogP contribution in [-0.2, 0) is 19.2 Å². The van der Waals surface area contributed by atoms with E-state index in [1.807, 2.05) is 0 Å². The van der Waals surface area contributed by atoms with Gasteiger partial charge in [-0.1, -0.05) is 26.2 Å². The zero-order valence-corrected chi connectivity index (χ0v) is 21.0. The van der Waals surface area contributed by atoms with Gasteiger partial charge in [-0.3, -0.25) is 19.2 Å². The third-order valence-corrected chi connectivity index (χ3v) is 1.14. The van der Waals surface area contributed by atoms with Gasteiger partial charge in [0.1, 0.15) is 0 Å². The van der Waals surface area contributed by atoms with Crippen molar-refractivity contribution in [3.63, 3.8) is 0 Å². The smallest absolute Gasteiger partial charge is 1.00 e. The Kier molecular flexibility index (Phi) is 68.6. The monoisotopic (exact) mass is 404 g/mol. The molecule has 0 radical (unpaired) electrons. The van der Waals surface area contributed by atoms with Crippen molar-refractivity contribution in [2.75, 3.05) is 0 Å². The van der Waals surface area contributed by atoms with E-state index in [1.165, 1.54) is 19.3 Å². The molecule has 0 saturated carbocycles. The summed E-state index contributed by atoms with van der Waals surface area (Å²) >= 11 is 0. The van der Waals surface area contributed by atoms with Crippen molar-refractivity contribution in [1.29, 1.82) is 0 Å². The summed E-state index contributed by atoms with van der Waals surface area (Å²) in [6, 6.07) is 0. The van der Waals surface area contributed by atoms with Gasteiger partial charge in [0.25, 0.3) is 23.9 Å². The summed E-state index contributed by atoms with van der Waals surface area (Å²) in [5, 5.41) is 29.7. The molecular weight excluding hydrogens is 370 g/mol. The Bertz CT molecular complexity index is 276. The van der Waals surface area contributed by atoms with Gasteiger partial charge >= 0.3 is 59.1 Å². The van der Waals surface area contributed by atoms with Gasteiger partial charge in [0, 0.05) is 27.7 Å². The summed E-state index contributed by atoms with van der Waals surface area (Å²) in [4.78, 5) is 36.0. The van der Waals surface area contributed by atoms with Crippen LogP contribution in [0.3, 0.4) is 0 Å². The minimum absolute atomic E-state index is 0. The van der Waals surface area contributed by atoms with E-state index in [1.54, 1.807) is 0 Å². The second-order valence-corrected chi connectivity index (χ2v) is 4.24. The molecule has 0 spiro atoms. The third-order valence-electron chi connectivity index (χ3n) is 1.14. The van der Waals surface area contributed by atoms with E-state index in [0.717, 1.165) is 34.1 Å². The minimum Gasteiger partial charge on any atom is -1.00 e. The molecular formula is C14H34N2Na2O8. The topological polar surface area (TPSA) is 201 Å². The average Bonchev–Trinajstić information content (AvgIpc) is 2.25. The van der Waals surface area contributed by atoms with E-state index < -0.39 is 23.9 Å². The molecule has 150 valence electrons. The zero-order valence-electron chi connectivity index (χ0n) is 19.0. The van der Waals surface area contributed by atoms with Crippen LogP contribution in [0.4, 0.5) is 0 Å². The van der Waals surface area contributed by atoms with Crippen LogP contribution >= 0.6 is 0 Å². The second kappa shape index (κ2) is 39.7. The Morgan fingerprint density at radius 3 is 1.04 bits per heavy atom. The molecule has 0 aliphatic heterocycles. The molecule has 0 saturated heterocycles. The van der Waals surface area contributed by atoms with Crippen LogP contribution < -0.4 is 70.6 Å². The van der Waals surface area contributed by atoms with Gasteiger partial charge < -0.3 is 34.7 Å². The Morgan fingerprint density at radius 1 is 0.731 bits per heavy atom. The molecule has 0 aromatic carbocycles. The fraction of sp³-hybridized carbons (Fsp3) is 0.714. The number of hydrogen-bond acceptors (Lipinski definition) is 6. The Labute approximate surface area is 202 Å². The fourth-order valence-electron chi connectivity index (χ4n) is 0.630. The number of hydrogen-bond donors (Lipinski definition) is 6. The zero-order chi connectivity index (χ0) is 20.7. The van der Waals surface area contributed by atoms with Crippen molar-refractivity contribution in [1.82, 2.24) is 0 Å². The first-order valence-corrected chi connectivity index (χ1v) is 6.99. The molecule has 0 unspecified atom stereocenters. The van der Waals surface area contributed by atoms with E-state index in [9.17, 15) is 0 Å². The standard InChI is InChI=1S/C6H16N2.4C2H4O2.2Na.2H/c1-2-3-4-5-6(7)8;4*1-2(3)4;;;;/h6H,2-5,7-8H2,1H3;4*1H3,(H,3,4);;;;/q;;;;;2*+1;2*-1. The predicted octanol–water partition coefficient (Wildman–Crippen LogP) is -4.59. The van der Waals surface area contributed by atoms with E-state index >= 15 is 0 Å². The molecule has 8 N–H and O–H groups in total. The van der Waals surface area contributed by atoms with E-state index in [2.05, 4.69) is 6.92 Å². The first kappa shape index (κ1) is 44.9. The van der Waals surface area contributed by atoms with Crippen LogP contribution in [0.15, 0.2) is 0 Å². The summed E-state index contributed by atoms with van der Waals surface area (Å²) in [7, 11) is 0. The van der Waals surface area contributed by atoms with Crippen LogP contribution in [0, 0.1) is 0 Å². The normalized spacial score (nSPS) is 7.08. The summed E-state index contributed by atoms with van der Waals surface area (Å²) < 4.78 is 0. The number of aliphatic carboxylic acids is 4. The maximum absolute atomic E-state index is 9.00. The summed E-state index contributed by atoms with van der Waals surface area (Å²) in [5.41, 5.74) is 10.6. The first-order chi connectivity index (χ1) is 10.7. The molecule has 0 fully saturated rings. The van der Waals surface area contributed by atoms with Crippen molar-refractivity contribution >= 4 is 23.9 Å². The van der Waals surface area contributed by atoms with Gasteiger partial charge in [0.15, 0.2) is 0 Å². The Hall–Kier alpha value is -0.200. The number of carbonyl (C=O) groups is 4. The average molecular weight is 404 g/mol. The predicted molar refractivity (Wildman–Crippen MR) is 91.8 cm³/mol. The number of unbranched alkanes of at least 4 members (excludes halogenated alkanes) is 2. The molecule has 0 bridgehead atoms. The third kappa shape index (κ3) is 537. The SMILES string of the molecule is CC(=O)O.CC(=O)O.CC(=O)O.CC(=O)O.CCCCCC(N)N.[H-].[H-].[Na+].[Na+]. The number of carboxylic acids is 4. The van der Waals surface area contributed by atoms with E-state index in [0.29, 0.717) is 0 Å². The second-order valence-electron chi connectivity index (χ2n) is 4.24. The molecule has 0 amide bonds. The molecule has 0 aliphatic carbocycles. The molecule has 0 aromatic heterocycles. The molecule has 0 rings (SSSR count). The molecule has 0 aliphatic rings. The van der Waals surface area contributed by atoms with Crippen molar-refractivity contribution in [2.45, 2.75) is 66.5 Å². The number of rotatable bonds is 4. The van der Waals surface area contributed by atoms with Gasteiger partial charge in [0.05, 0.1) is 6.17 Å². The van der Waals surface area contributed by atoms with E-state index in [4.69, 9.17) is 51.1 Å². The summed E-state index contributed by atoms with van der Waals surface area (Å²) in [5.74, 6) is -3.33. The molecule has 12 heteroatoms. The molecule has 0 atom stereocenters. The van der Waals surface area contributed by atoms with E-state index in [-0.39, 0.29) is 68.1 Å². The quantitative estimate of drug-likeness (QED) is 0.150. The van der Waals surface area contributed by atoms with Gasteiger partial charge in [0.2, 0.25) is 0 Å². The first-order valence-electron chi connectivity index (χ1n) is 6.99. The van der Waals surface area contributed by atoms with Gasteiger partial charge in [-0.25, -0.2) is 0 Å². The number of nitrogens with two attached hydrogens (primary N) is 2. The van der Waals surface area contributed by atoms with Gasteiger partial charge in [-0.2, -0.15) is 0 Å². The molecule has 0 heterocycles. The summed E-state index contributed by atoms with van der Waals surface area (Å²) in [6.45, 7) is 6.50. The van der Waals surface area contributed by atoms with Crippen molar-refractivity contribution < 1.29 is 102 Å². The Morgan fingerprint density at radius 2 is 0.923 bits per heavy atom. The van der Waals surface area contributed by atoms with Crippen LogP contribution in [0.25, 0.3) is 0 Å².